The van der Waals surface area contributed by atoms with Gasteiger partial charge in [-0.2, -0.15) is 0 Å². The van der Waals surface area contributed by atoms with Crippen molar-refractivity contribution in [2.75, 3.05) is 0 Å². The van der Waals surface area contributed by atoms with Gasteiger partial charge >= 0.3 is 0 Å². The van der Waals surface area contributed by atoms with Crippen LogP contribution in [0.1, 0.15) is 22.3 Å². The fourth-order valence-electron chi connectivity index (χ4n) is 2.79. The normalized spacial score (nSPS) is 9.69. The lowest BCUT2D eigenvalue weighted by Crippen LogP contribution is -1.79. The zero-order valence-electron chi connectivity index (χ0n) is 14.2. The molecule has 2 aromatic carbocycles. The third-order valence-corrected chi connectivity index (χ3v) is 4.12. The summed E-state index contributed by atoms with van der Waals surface area (Å²) in [4.78, 5) is 0. The quantitative estimate of drug-likeness (QED) is 0.369. The van der Waals surface area contributed by atoms with E-state index in [1.54, 1.807) is 0 Å². The standard InChI is InChI=1S/C26H16/c1-3-8-21(9-4-1)14-15-23-17-18-24-12-7-13-26(24)25(20-23)19-16-22-10-5-2-6-11-22/h1-13,17-18,20H. The van der Waals surface area contributed by atoms with E-state index in [9.17, 15) is 0 Å². The Morgan fingerprint density at radius 2 is 1.04 bits per heavy atom. The largest absolute Gasteiger partial charge is 0.0622 e. The summed E-state index contributed by atoms with van der Waals surface area (Å²) in [5.74, 6) is 13.1. The maximum absolute atomic E-state index is 3.33. The average molecular weight is 328 g/mol. The van der Waals surface area contributed by atoms with Crippen LogP contribution in [0, 0.1) is 23.7 Å². The summed E-state index contributed by atoms with van der Waals surface area (Å²) in [6, 6.07) is 32.6. The molecule has 26 heavy (non-hydrogen) atoms. The molecule has 0 nitrogen and oxygen atoms in total. The minimum absolute atomic E-state index is 0.961. The first-order chi connectivity index (χ1) is 12.9. The fourth-order valence-corrected chi connectivity index (χ4v) is 2.79. The van der Waals surface area contributed by atoms with E-state index < -0.39 is 0 Å². The van der Waals surface area contributed by atoms with Crippen molar-refractivity contribution in [3.05, 3.63) is 119 Å². The van der Waals surface area contributed by atoms with E-state index in [4.69, 9.17) is 0 Å². The predicted octanol–water partition coefficient (Wildman–Crippen LogP) is 5.59. The second kappa shape index (κ2) is 7.43. The van der Waals surface area contributed by atoms with Gasteiger partial charge in [0.15, 0.2) is 0 Å². The molecule has 0 amide bonds. The molecular weight excluding hydrogens is 312 g/mol. The maximum Gasteiger partial charge on any atom is 0.0339 e. The van der Waals surface area contributed by atoms with Gasteiger partial charge in [0.2, 0.25) is 0 Å². The number of hydrogen-bond donors (Lipinski definition) is 0. The highest BCUT2D eigenvalue weighted by Crippen LogP contribution is 2.26. The van der Waals surface area contributed by atoms with Gasteiger partial charge in [-0.05, 0) is 47.5 Å². The topological polar surface area (TPSA) is 0 Å². The number of rotatable bonds is 0. The summed E-state index contributed by atoms with van der Waals surface area (Å²) in [5.41, 5.74) is 6.31. The van der Waals surface area contributed by atoms with Crippen molar-refractivity contribution in [1.29, 1.82) is 0 Å². The Labute approximate surface area is 154 Å². The molecule has 4 rings (SSSR count). The van der Waals surface area contributed by atoms with Crippen molar-refractivity contribution >= 4 is 0 Å². The molecule has 0 saturated heterocycles. The molecule has 2 aliphatic carbocycles. The summed E-state index contributed by atoms with van der Waals surface area (Å²) >= 11 is 0. The van der Waals surface area contributed by atoms with Gasteiger partial charge in [0.05, 0.1) is 0 Å². The molecule has 2 aromatic rings. The van der Waals surface area contributed by atoms with E-state index in [-0.39, 0.29) is 0 Å². The van der Waals surface area contributed by atoms with Crippen LogP contribution >= 0.6 is 0 Å². The Bertz CT molecular complexity index is 1110. The lowest BCUT2D eigenvalue weighted by molar-refractivity contribution is 1.63. The molecule has 120 valence electrons. The second-order valence-electron chi connectivity index (χ2n) is 5.97. The lowest BCUT2D eigenvalue weighted by Gasteiger charge is -1.95. The van der Waals surface area contributed by atoms with Crippen molar-refractivity contribution in [1.82, 2.24) is 0 Å². The van der Waals surface area contributed by atoms with Crippen LogP contribution in [-0.2, 0) is 0 Å². The molecule has 0 bridgehead atoms. The van der Waals surface area contributed by atoms with Crippen LogP contribution in [-0.4, -0.2) is 0 Å². The summed E-state index contributed by atoms with van der Waals surface area (Å²) in [7, 11) is 0. The van der Waals surface area contributed by atoms with Crippen LogP contribution in [0.4, 0.5) is 0 Å². The van der Waals surface area contributed by atoms with E-state index in [1.807, 2.05) is 60.7 Å². The summed E-state index contributed by atoms with van der Waals surface area (Å²) in [6.07, 6.45) is 0. The highest BCUT2D eigenvalue weighted by molar-refractivity contribution is 5.74. The molecule has 0 N–H and O–H groups in total. The molecule has 0 heteroatoms. The van der Waals surface area contributed by atoms with Crippen LogP contribution in [0.25, 0.3) is 11.1 Å². The zero-order chi connectivity index (χ0) is 17.6. The average Bonchev–Trinajstić information content (AvgIpc) is 3.10. The van der Waals surface area contributed by atoms with Crippen LogP contribution in [0.3, 0.4) is 0 Å². The van der Waals surface area contributed by atoms with Crippen LogP contribution in [0.5, 0.6) is 0 Å². The van der Waals surface area contributed by atoms with Gasteiger partial charge in [-0.1, -0.05) is 84.3 Å². The molecule has 0 fully saturated rings. The smallest absolute Gasteiger partial charge is 0.0339 e. The number of benzene rings is 2. The Kier molecular flexibility index (Phi) is 4.51. The SMILES string of the molecule is C(#Cc1ccc2cccc-2c(C#Cc2ccccc2)c1)c1ccccc1. The molecule has 0 aromatic heterocycles. The van der Waals surface area contributed by atoms with E-state index in [0.717, 1.165) is 27.8 Å². The van der Waals surface area contributed by atoms with Crippen molar-refractivity contribution < 1.29 is 0 Å². The first-order valence-corrected chi connectivity index (χ1v) is 8.55. The molecule has 0 radical (unpaired) electrons. The highest BCUT2D eigenvalue weighted by atomic mass is 14.1. The van der Waals surface area contributed by atoms with Crippen molar-refractivity contribution in [2.24, 2.45) is 0 Å². The van der Waals surface area contributed by atoms with Gasteiger partial charge in [-0.15, -0.1) is 0 Å². The van der Waals surface area contributed by atoms with E-state index >= 15 is 0 Å². The van der Waals surface area contributed by atoms with Gasteiger partial charge in [0.1, 0.15) is 0 Å². The van der Waals surface area contributed by atoms with Gasteiger partial charge in [0.25, 0.3) is 0 Å². The summed E-state index contributed by atoms with van der Waals surface area (Å²) in [6.45, 7) is 0. The van der Waals surface area contributed by atoms with Crippen molar-refractivity contribution in [3.63, 3.8) is 0 Å². The van der Waals surface area contributed by atoms with E-state index in [2.05, 4.69) is 60.1 Å². The number of fused-ring (bicyclic) bond motifs is 1. The van der Waals surface area contributed by atoms with E-state index in [0.29, 0.717) is 0 Å². The Morgan fingerprint density at radius 3 is 1.73 bits per heavy atom. The van der Waals surface area contributed by atoms with Gasteiger partial charge in [-0.3, -0.25) is 0 Å². The first-order valence-electron chi connectivity index (χ1n) is 8.55. The lowest BCUT2D eigenvalue weighted by atomic mass is 10.1. The molecule has 0 saturated carbocycles. The van der Waals surface area contributed by atoms with Crippen molar-refractivity contribution in [2.45, 2.75) is 0 Å². The third-order valence-electron chi connectivity index (χ3n) is 4.12. The minimum Gasteiger partial charge on any atom is -0.0622 e. The molecule has 0 atom stereocenters. The maximum atomic E-state index is 3.33. The Balaban J connectivity index is 1.78. The molecular formula is C26H16. The summed E-state index contributed by atoms with van der Waals surface area (Å²) in [5, 5.41) is 0. The van der Waals surface area contributed by atoms with Crippen LogP contribution in [0.15, 0.2) is 97.1 Å². The fraction of sp³-hybridized carbons (Fsp3) is 0. The molecule has 0 spiro atoms. The molecule has 2 aliphatic rings. The van der Waals surface area contributed by atoms with Gasteiger partial charge in [0, 0.05) is 22.3 Å². The van der Waals surface area contributed by atoms with E-state index in [1.165, 1.54) is 5.56 Å². The monoisotopic (exact) mass is 328 g/mol. The molecule has 0 unspecified atom stereocenters. The summed E-state index contributed by atoms with van der Waals surface area (Å²) < 4.78 is 0. The molecule has 0 heterocycles. The Morgan fingerprint density at radius 1 is 0.423 bits per heavy atom. The zero-order valence-corrected chi connectivity index (χ0v) is 14.2. The number of hydrogen-bond acceptors (Lipinski definition) is 0. The molecule has 0 aliphatic heterocycles. The van der Waals surface area contributed by atoms with Gasteiger partial charge in [-0.25, -0.2) is 0 Å². The minimum atomic E-state index is 0.961. The van der Waals surface area contributed by atoms with Crippen molar-refractivity contribution in [3.8, 4) is 34.8 Å². The third kappa shape index (κ3) is 3.67. The predicted molar refractivity (Wildman–Crippen MR) is 108 cm³/mol. The van der Waals surface area contributed by atoms with Crippen LogP contribution < -0.4 is 0 Å². The van der Waals surface area contributed by atoms with Crippen LogP contribution in [0.2, 0.25) is 0 Å². The van der Waals surface area contributed by atoms with Gasteiger partial charge < -0.3 is 0 Å². The second-order valence-corrected chi connectivity index (χ2v) is 5.97. The Hall–Kier alpha value is -3.74. The first kappa shape index (κ1) is 15.8. The highest BCUT2D eigenvalue weighted by Gasteiger charge is 2.05.